The number of unbranched alkanes of at least 4 members (excludes halogenated alkanes) is 1. The predicted octanol–water partition coefficient (Wildman–Crippen LogP) is 2.80. The first-order chi connectivity index (χ1) is 14.9. The smallest absolute Gasteiger partial charge is 0.317 e. The lowest BCUT2D eigenvalue weighted by Gasteiger charge is -2.41. The van der Waals surface area contributed by atoms with E-state index in [1.807, 2.05) is 51.1 Å². The van der Waals surface area contributed by atoms with E-state index in [1.165, 1.54) is 0 Å². The minimum Gasteiger partial charge on any atom is -0.344 e. The molecule has 3 unspecified atom stereocenters. The lowest BCUT2D eigenvalue weighted by Crippen LogP contribution is -2.61. The average molecular weight is 431 g/mol. The number of carbonyl (C=O) groups is 3. The summed E-state index contributed by atoms with van der Waals surface area (Å²) in [6.45, 7) is 10.2. The Bertz CT molecular complexity index is 725. The maximum atomic E-state index is 13.3. The van der Waals surface area contributed by atoms with Crippen molar-refractivity contribution in [1.29, 1.82) is 0 Å². The zero-order valence-electron chi connectivity index (χ0n) is 19.4. The van der Waals surface area contributed by atoms with Gasteiger partial charge in [0.15, 0.2) is 0 Å². The van der Waals surface area contributed by atoms with Gasteiger partial charge in [-0.05, 0) is 24.8 Å². The molecule has 0 aromatic heterocycles. The first kappa shape index (κ1) is 24.7. The first-order valence-corrected chi connectivity index (χ1v) is 11.5. The Morgan fingerprint density at radius 2 is 1.84 bits per heavy atom. The molecule has 31 heavy (non-hydrogen) atoms. The van der Waals surface area contributed by atoms with Gasteiger partial charge in [0.2, 0.25) is 11.8 Å². The normalized spacial score (nSPS) is 18.3. The SMILES string of the molecule is CCCCNC(=O)N1CCN(C(=O)C(NC(=O)Cc2ccccc2)C(C)CC)CC1C. The van der Waals surface area contributed by atoms with E-state index in [0.717, 1.165) is 24.8 Å². The van der Waals surface area contributed by atoms with Crippen LogP contribution in [0.25, 0.3) is 0 Å². The van der Waals surface area contributed by atoms with Crippen molar-refractivity contribution in [2.45, 2.75) is 65.5 Å². The summed E-state index contributed by atoms with van der Waals surface area (Å²) in [6, 6.07) is 8.84. The number of nitrogens with zero attached hydrogens (tertiary/aromatic N) is 2. The summed E-state index contributed by atoms with van der Waals surface area (Å²) >= 11 is 0. The van der Waals surface area contributed by atoms with Crippen LogP contribution in [0, 0.1) is 5.92 Å². The van der Waals surface area contributed by atoms with Crippen molar-refractivity contribution in [2.24, 2.45) is 5.92 Å². The van der Waals surface area contributed by atoms with E-state index in [0.29, 0.717) is 26.2 Å². The molecule has 1 aliphatic rings. The van der Waals surface area contributed by atoms with Gasteiger partial charge in [-0.3, -0.25) is 9.59 Å². The molecule has 1 saturated heterocycles. The van der Waals surface area contributed by atoms with Gasteiger partial charge in [-0.1, -0.05) is 63.9 Å². The molecule has 4 amide bonds. The highest BCUT2D eigenvalue weighted by Crippen LogP contribution is 2.16. The largest absolute Gasteiger partial charge is 0.344 e. The highest BCUT2D eigenvalue weighted by Gasteiger charge is 2.35. The number of rotatable bonds is 9. The van der Waals surface area contributed by atoms with Crippen molar-refractivity contribution in [3.05, 3.63) is 35.9 Å². The third-order valence-corrected chi connectivity index (χ3v) is 6.01. The van der Waals surface area contributed by atoms with Gasteiger partial charge in [0.1, 0.15) is 6.04 Å². The van der Waals surface area contributed by atoms with Crippen molar-refractivity contribution in [1.82, 2.24) is 20.4 Å². The number of nitrogens with one attached hydrogen (secondary N) is 2. The highest BCUT2D eigenvalue weighted by molar-refractivity contribution is 5.89. The Morgan fingerprint density at radius 3 is 2.45 bits per heavy atom. The van der Waals surface area contributed by atoms with Crippen LogP contribution in [0.2, 0.25) is 0 Å². The lowest BCUT2D eigenvalue weighted by atomic mass is 9.96. The Morgan fingerprint density at radius 1 is 1.13 bits per heavy atom. The van der Waals surface area contributed by atoms with Gasteiger partial charge < -0.3 is 20.4 Å². The number of hydrogen-bond donors (Lipinski definition) is 2. The van der Waals surface area contributed by atoms with Crippen LogP contribution in [0.3, 0.4) is 0 Å². The van der Waals surface area contributed by atoms with E-state index in [9.17, 15) is 14.4 Å². The number of urea groups is 1. The van der Waals surface area contributed by atoms with Crippen molar-refractivity contribution in [3.63, 3.8) is 0 Å². The molecule has 0 aliphatic carbocycles. The monoisotopic (exact) mass is 430 g/mol. The molecule has 0 bridgehead atoms. The van der Waals surface area contributed by atoms with Crippen LogP contribution in [-0.2, 0) is 16.0 Å². The van der Waals surface area contributed by atoms with Crippen LogP contribution in [0.15, 0.2) is 30.3 Å². The molecular weight excluding hydrogens is 392 g/mol. The number of hydrogen-bond acceptors (Lipinski definition) is 3. The zero-order chi connectivity index (χ0) is 22.8. The third kappa shape index (κ3) is 7.26. The van der Waals surface area contributed by atoms with E-state index in [2.05, 4.69) is 17.6 Å². The summed E-state index contributed by atoms with van der Waals surface area (Å²) in [6.07, 6.45) is 3.03. The van der Waals surface area contributed by atoms with E-state index >= 15 is 0 Å². The maximum Gasteiger partial charge on any atom is 0.317 e. The fourth-order valence-electron chi connectivity index (χ4n) is 3.82. The van der Waals surface area contributed by atoms with Crippen LogP contribution in [0.1, 0.15) is 52.5 Å². The van der Waals surface area contributed by atoms with E-state index in [4.69, 9.17) is 0 Å². The first-order valence-electron chi connectivity index (χ1n) is 11.5. The molecule has 1 heterocycles. The number of carbonyl (C=O) groups excluding carboxylic acids is 3. The molecule has 1 fully saturated rings. The summed E-state index contributed by atoms with van der Waals surface area (Å²) in [5.74, 6) is -0.182. The fraction of sp³-hybridized carbons (Fsp3) is 0.625. The van der Waals surface area contributed by atoms with Gasteiger partial charge >= 0.3 is 6.03 Å². The second kappa shape index (κ2) is 12.3. The van der Waals surface area contributed by atoms with Gasteiger partial charge in [0, 0.05) is 32.2 Å². The van der Waals surface area contributed by atoms with Gasteiger partial charge in [0.25, 0.3) is 0 Å². The van der Waals surface area contributed by atoms with Gasteiger partial charge in [0.05, 0.1) is 6.42 Å². The van der Waals surface area contributed by atoms with Crippen molar-refractivity contribution in [3.8, 4) is 0 Å². The summed E-state index contributed by atoms with van der Waals surface area (Å²) in [7, 11) is 0. The molecule has 0 spiro atoms. The summed E-state index contributed by atoms with van der Waals surface area (Å²) < 4.78 is 0. The topological polar surface area (TPSA) is 81.8 Å². The zero-order valence-corrected chi connectivity index (χ0v) is 19.4. The van der Waals surface area contributed by atoms with Gasteiger partial charge in [-0.2, -0.15) is 0 Å². The van der Waals surface area contributed by atoms with Crippen LogP contribution in [0.4, 0.5) is 4.79 Å². The van der Waals surface area contributed by atoms with E-state index < -0.39 is 6.04 Å². The van der Waals surface area contributed by atoms with Crippen molar-refractivity contribution < 1.29 is 14.4 Å². The van der Waals surface area contributed by atoms with E-state index in [1.54, 1.807) is 9.80 Å². The standard InChI is InChI=1S/C24H38N4O3/c1-5-7-13-25-24(31)28-15-14-27(17-19(28)4)23(30)22(18(3)6-2)26-21(29)16-20-11-9-8-10-12-20/h8-12,18-19,22H,5-7,13-17H2,1-4H3,(H,25,31)(H,26,29). The van der Waals surface area contributed by atoms with Gasteiger partial charge in [-0.15, -0.1) is 0 Å². The summed E-state index contributed by atoms with van der Waals surface area (Å²) in [5.41, 5.74) is 0.923. The quantitative estimate of drug-likeness (QED) is 0.591. The second-order valence-corrected chi connectivity index (χ2v) is 8.51. The Labute approximate surface area is 186 Å². The highest BCUT2D eigenvalue weighted by atomic mass is 16.2. The molecule has 0 radical (unpaired) electrons. The molecule has 0 saturated carbocycles. The second-order valence-electron chi connectivity index (χ2n) is 8.51. The van der Waals surface area contributed by atoms with Crippen LogP contribution in [0.5, 0.6) is 0 Å². The maximum absolute atomic E-state index is 13.3. The van der Waals surface area contributed by atoms with Crippen molar-refractivity contribution >= 4 is 17.8 Å². The molecular formula is C24H38N4O3. The third-order valence-electron chi connectivity index (χ3n) is 6.01. The molecule has 3 atom stereocenters. The summed E-state index contributed by atoms with van der Waals surface area (Å²) in [4.78, 5) is 41.9. The average Bonchev–Trinajstić information content (AvgIpc) is 2.77. The molecule has 7 nitrogen and oxygen atoms in total. The minimum absolute atomic E-state index is 0.0258. The van der Waals surface area contributed by atoms with E-state index in [-0.39, 0.29) is 36.2 Å². The van der Waals surface area contributed by atoms with Crippen LogP contribution >= 0.6 is 0 Å². The molecule has 2 N–H and O–H groups in total. The molecule has 2 rings (SSSR count). The van der Waals surface area contributed by atoms with Crippen LogP contribution < -0.4 is 10.6 Å². The van der Waals surface area contributed by atoms with Crippen molar-refractivity contribution in [2.75, 3.05) is 26.2 Å². The molecule has 7 heteroatoms. The Balaban J connectivity index is 1.97. The number of benzene rings is 1. The number of piperazine rings is 1. The van der Waals surface area contributed by atoms with Gasteiger partial charge in [-0.25, -0.2) is 4.79 Å². The predicted molar refractivity (Wildman–Crippen MR) is 123 cm³/mol. The molecule has 172 valence electrons. The molecule has 1 aliphatic heterocycles. The lowest BCUT2D eigenvalue weighted by molar-refractivity contribution is -0.139. The molecule has 1 aromatic carbocycles. The Kier molecular flexibility index (Phi) is 9.82. The summed E-state index contributed by atoms with van der Waals surface area (Å²) in [5, 5.41) is 5.93. The number of amides is 4. The fourth-order valence-corrected chi connectivity index (χ4v) is 3.82. The molecule has 1 aromatic rings. The van der Waals surface area contributed by atoms with Crippen LogP contribution in [-0.4, -0.2) is 65.9 Å². The Hall–Kier alpha value is -2.57. The minimum atomic E-state index is -0.557.